The molecule has 0 aromatic carbocycles. The van der Waals surface area contributed by atoms with Gasteiger partial charge < -0.3 is 10.4 Å². The van der Waals surface area contributed by atoms with Gasteiger partial charge >= 0.3 is 0 Å². The van der Waals surface area contributed by atoms with Gasteiger partial charge in [-0.05, 0) is 6.92 Å². The normalized spacial score (nSPS) is 20.4. The van der Waals surface area contributed by atoms with Gasteiger partial charge in [-0.2, -0.15) is 0 Å². The average Bonchev–Trinajstić information content (AvgIpc) is 2.68. The topological polar surface area (TPSA) is 48.4 Å². The van der Waals surface area contributed by atoms with Crippen molar-refractivity contribution in [2.75, 3.05) is 32.8 Å². The van der Waals surface area contributed by atoms with Gasteiger partial charge in [0.2, 0.25) is 0 Å². The van der Waals surface area contributed by atoms with Crippen LogP contribution in [-0.4, -0.2) is 47.8 Å². The zero-order valence-electron chi connectivity index (χ0n) is 8.94. The zero-order valence-corrected chi connectivity index (χ0v) is 9.76. The molecule has 84 valence electrons. The molecule has 2 N–H and O–H groups in total. The van der Waals surface area contributed by atoms with Crippen LogP contribution in [0.3, 0.4) is 0 Å². The van der Waals surface area contributed by atoms with Crippen molar-refractivity contribution in [1.82, 2.24) is 15.2 Å². The Bertz CT molecular complexity index is 309. The van der Waals surface area contributed by atoms with Gasteiger partial charge in [0.1, 0.15) is 5.01 Å². The molecular weight excluding hydrogens is 210 g/mol. The fourth-order valence-electron chi connectivity index (χ4n) is 1.87. The number of aromatic nitrogens is 1. The Morgan fingerprint density at radius 1 is 1.60 bits per heavy atom. The fraction of sp³-hybridized carbons (Fsp3) is 0.700. The van der Waals surface area contributed by atoms with Gasteiger partial charge in [-0.3, -0.25) is 4.90 Å². The number of aliphatic hydroxyl groups is 1. The quantitative estimate of drug-likeness (QED) is 0.784. The first kappa shape index (κ1) is 11.0. The lowest BCUT2D eigenvalue weighted by Gasteiger charge is -2.32. The van der Waals surface area contributed by atoms with Crippen molar-refractivity contribution in [3.63, 3.8) is 0 Å². The minimum atomic E-state index is 0.0887. The van der Waals surface area contributed by atoms with Gasteiger partial charge in [-0.1, -0.05) is 0 Å². The SMILES string of the molecule is Cc1csc(C(CO)N2CCNCC2)n1. The highest BCUT2D eigenvalue weighted by molar-refractivity contribution is 7.09. The molecule has 1 atom stereocenters. The molecule has 1 fully saturated rings. The predicted molar refractivity (Wildman–Crippen MR) is 61.1 cm³/mol. The maximum atomic E-state index is 9.45. The molecule has 2 rings (SSSR count). The van der Waals surface area contributed by atoms with Crippen LogP contribution in [0.25, 0.3) is 0 Å². The van der Waals surface area contributed by atoms with Crippen molar-refractivity contribution in [2.45, 2.75) is 13.0 Å². The minimum absolute atomic E-state index is 0.0887. The number of nitrogens with one attached hydrogen (secondary N) is 1. The summed E-state index contributed by atoms with van der Waals surface area (Å²) < 4.78 is 0. The van der Waals surface area contributed by atoms with Crippen LogP contribution in [0.5, 0.6) is 0 Å². The van der Waals surface area contributed by atoms with E-state index in [0.717, 1.165) is 36.9 Å². The summed E-state index contributed by atoms with van der Waals surface area (Å²) in [6.07, 6.45) is 0. The van der Waals surface area contributed by atoms with E-state index in [0.29, 0.717) is 0 Å². The van der Waals surface area contributed by atoms with Crippen molar-refractivity contribution < 1.29 is 5.11 Å². The predicted octanol–water partition coefficient (Wildman–Crippen LogP) is 0.390. The summed E-state index contributed by atoms with van der Waals surface area (Å²) in [6, 6.07) is 0.0887. The Kier molecular flexibility index (Phi) is 3.69. The number of hydrogen-bond acceptors (Lipinski definition) is 5. The smallest absolute Gasteiger partial charge is 0.112 e. The Morgan fingerprint density at radius 2 is 2.33 bits per heavy atom. The maximum absolute atomic E-state index is 9.45. The minimum Gasteiger partial charge on any atom is -0.394 e. The summed E-state index contributed by atoms with van der Waals surface area (Å²) in [5.74, 6) is 0. The lowest BCUT2D eigenvalue weighted by atomic mass is 10.2. The first-order valence-electron chi connectivity index (χ1n) is 5.29. The van der Waals surface area contributed by atoms with Crippen LogP contribution in [0.15, 0.2) is 5.38 Å². The van der Waals surface area contributed by atoms with Crippen LogP contribution in [0.1, 0.15) is 16.7 Å². The van der Waals surface area contributed by atoms with Crippen molar-refractivity contribution in [3.8, 4) is 0 Å². The van der Waals surface area contributed by atoms with Crippen LogP contribution in [-0.2, 0) is 0 Å². The van der Waals surface area contributed by atoms with Gasteiger partial charge in [0.15, 0.2) is 0 Å². The highest BCUT2D eigenvalue weighted by atomic mass is 32.1. The van der Waals surface area contributed by atoms with E-state index in [2.05, 4.69) is 15.2 Å². The molecule has 2 heterocycles. The lowest BCUT2D eigenvalue weighted by molar-refractivity contribution is 0.110. The second-order valence-electron chi connectivity index (χ2n) is 3.81. The van der Waals surface area contributed by atoms with Crippen LogP contribution < -0.4 is 5.32 Å². The van der Waals surface area contributed by atoms with Crippen LogP contribution in [0.2, 0.25) is 0 Å². The number of thiazole rings is 1. The number of aryl methyl sites for hydroxylation is 1. The molecule has 0 amide bonds. The van der Waals surface area contributed by atoms with Crippen molar-refractivity contribution in [3.05, 3.63) is 16.1 Å². The van der Waals surface area contributed by atoms with Gasteiger partial charge in [0.25, 0.3) is 0 Å². The lowest BCUT2D eigenvalue weighted by Crippen LogP contribution is -2.46. The van der Waals surface area contributed by atoms with Crippen molar-refractivity contribution >= 4 is 11.3 Å². The summed E-state index contributed by atoms with van der Waals surface area (Å²) in [5, 5.41) is 15.8. The summed E-state index contributed by atoms with van der Waals surface area (Å²) in [5.41, 5.74) is 1.04. The molecule has 1 aromatic heterocycles. The summed E-state index contributed by atoms with van der Waals surface area (Å²) in [4.78, 5) is 6.75. The number of piperazine rings is 1. The molecule has 1 aliphatic rings. The van der Waals surface area contributed by atoms with Gasteiger partial charge in [0, 0.05) is 37.3 Å². The molecule has 0 radical (unpaired) electrons. The van der Waals surface area contributed by atoms with E-state index in [-0.39, 0.29) is 12.6 Å². The van der Waals surface area contributed by atoms with E-state index in [9.17, 15) is 5.11 Å². The number of hydrogen-bond donors (Lipinski definition) is 2. The molecule has 0 saturated carbocycles. The van der Waals surface area contributed by atoms with E-state index in [1.807, 2.05) is 12.3 Å². The molecule has 1 aliphatic heterocycles. The number of rotatable bonds is 3. The zero-order chi connectivity index (χ0) is 10.7. The first-order chi connectivity index (χ1) is 7.31. The van der Waals surface area contributed by atoms with Crippen LogP contribution in [0.4, 0.5) is 0 Å². The molecule has 1 saturated heterocycles. The Hall–Kier alpha value is -0.490. The van der Waals surface area contributed by atoms with E-state index in [1.54, 1.807) is 11.3 Å². The Labute approximate surface area is 93.9 Å². The van der Waals surface area contributed by atoms with Gasteiger partial charge in [0.05, 0.1) is 12.6 Å². The fourth-order valence-corrected chi connectivity index (χ4v) is 2.79. The van der Waals surface area contributed by atoms with Crippen LogP contribution in [0, 0.1) is 6.92 Å². The largest absolute Gasteiger partial charge is 0.394 e. The number of aliphatic hydroxyl groups excluding tert-OH is 1. The van der Waals surface area contributed by atoms with Crippen molar-refractivity contribution in [2.24, 2.45) is 0 Å². The Balaban J connectivity index is 2.08. The second kappa shape index (κ2) is 5.03. The van der Waals surface area contributed by atoms with E-state index < -0.39 is 0 Å². The maximum Gasteiger partial charge on any atom is 0.112 e. The number of nitrogens with zero attached hydrogens (tertiary/aromatic N) is 2. The van der Waals surface area contributed by atoms with Crippen molar-refractivity contribution in [1.29, 1.82) is 0 Å². The second-order valence-corrected chi connectivity index (χ2v) is 4.70. The first-order valence-corrected chi connectivity index (χ1v) is 6.17. The summed E-state index contributed by atoms with van der Waals surface area (Å²) in [7, 11) is 0. The summed E-state index contributed by atoms with van der Waals surface area (Å²) in [6.45, 7) is 6.13. The van der Waals surface area contributed by atoms with E-state index >= 15 is 0 Å². The molecular formula is C10H17N3OS. The molecule has 4 nitrogen and oxygen atoms in total. The van der Waals surface area contributed by atoms with Gasteiger partial charge in [-0.15, -0.1) is 11.3 Å². The Morgan fingerprint density at radius 3 is 2.87 bits per heavy atom. The highest BCUT2D eigenvalue weighted by Gasteiger charge is 2.23. The highest BCUT2D eigenvalue weighted by Crippen LogP contribution is 2.23. The molecule has 0 spiro atoms. The third-order valence-corrected chi connectivity index (χ3v) is 3.75. The summed E-state index contributed by atoms with van der Waals surface area (Å²) >= 11 is 1.64. The third-order valence-electron chi connectivity index (χ3n) is 2.69. The monoisotopic (exact) mass is 227 g/mol. The molecule has 1 aromatic rings. The molecule has 0 aliphatic carbocycles. The third kappa shape index (κ3) is 2.55. The van der Waals surface area contributed by atoms with Gasteiger partial charge in [-0.25, -0.2) is 4.98 Å². The van der Waals surface area contributed by atoms with E-state index in [1.165, 1.54) is 0 Å². The average molecular weight is 227 g/mol. The molecule has 15 heavy (non-hydrogen) atoms. The van der Waals surface area contributed by atoms with Crippen LogP contribution >= 0.6 is 11.3 Å². The molecule has 5 heteroatoms. The van der Waals surface area contributed by atoms with E-state index in [4.69, 9.17) is 0 Å². The standard InChI is InChI=1S/C10H17N3OS/c1-8-7-15-10(12-8)9(6-14)13-4-2-11-3-5-13/h7,9,11,14H,2-6H2,1H3. The molecule has 1 unspecified atom stereocenters. The molecule has 0 bridgehead atoms.